The lowest BCUT2D eigenvalue weighted by Crippen LogP contribution is -1.98. The van der Waals surface area contributed by atoms with Crippen molar-refractivity contribution >= 4 is 17.0 Å². The van der Waals surface area contributed by atoms with Gasteiger partial charge in [0, 0.05) is 6.07 Å². The van der Waals surface area contributed by atoms with E-state index in [9.17, 15) is 13.6 Å². The van der Waals surface area contributed by atoms with Crippen molar-refractivity contribution in [1.29, 1.82) is 0 Å². The molecule has 0 amide bonds. The molecule has 0 bridgehead atoms. The van der Waals surface area contributed by atoms with E-state index in [1.165, 1.54) is 23.0 Å². The fourth-order valence-corrected chi connectivity index (χ4v) is 2.02. The molecule has 0 aliphatic carbocycles. The van der Waals surface area contributed by atoms with Crippen molar-refractivity contribution in [2.75, 3.05) is 0 Å². The minimum atomic E-state index is -1.08. The molecule has 2 aromatic carbocycles. The Morgan fingerprint density at radius 3 is 2.45 bits per heavy atom. The zero-order valence-corrected chi connectivity index (χ0v) is 10.0. The number of benzene rings is 2. The number of halogens is 2. The smallest absolute Gasteiger partial charge is 0.335 e. The lowest BCUT2D eigenvalue weighted by Gasteiger charge is -2.05. The van der Waals surface area contributed by atoms with Crippen molar-refractivity contribution in [3.63, 3.8) is 0 Å². The van der Waals surface area contributed by atoms with Crippen LogP contribution in [0.4, 0.5) is 8.78 Å². The minimum Gasteiger partial charge on any atom is -0.478 e. The van der Waals surface area contributed by atoms with E-state index < -0.39 is 17.6 Å². The molecule has 100 valence electrons. The molecule has 0 spiro atoms. The fraction of sp³-hybridized carbons (Fsp3) is 0. The van der Waals surface area contributed by atoms with Crippen LogP contribution in [0.25, 0.3) is 16.7 Å². The summed E-state index contributed by atoms with van der Waals surface area (Å²) in [4.78, 5) is 15.1. The lowest BCUT2D eigenvalue weighted by atomic mass is 10.2. The van der Waals surface area contributed by atoms with E-state index in [0.717, 1.165) is 18.2 Å². The van der Waals surface area contributed by atoms with Crippen LogP contribution in [0, 0.1) is 11.6 Å². The van der Waals surface area contributed by atoms with Gasteiger partial charge in [0.05, 0.1) is 22.3 Å². The zero-order valence-electron chi connectivity index (χ0n) is 10.0. The summed E-state index contributed by atoms with van der Waals surface area (Å²) in [7, 11) is 0. The van der Waals surface area contributed by atoms with Gasteiger partial charge in [0.25, 0.3) is 0 Å². The van der Waals surface area contributed by atoms with E-state index in [0.29, 0.717) is 11.0 Å². The van der Waals surface area contributed by atoms with Gasteiger partial charge < -0.3 is 5.11 Å². The standard InChI is InChI=1S/C14H8F2N2O2/c15-9-4-10(16)6-11(5-9)18-7-17-12-2-1-8(14(19)20)3-13(12)18/h1-7H,(H,19,20). The summed E-state index contributed by atoms with van der Waals surface area (Å²) in [6.45, 7) is 0. The zero-order chi connectivity index (χ0) is 14.3. The maximum Gasteiger partial charge on any atom is 0.335 e. The second-order valence-electron chi connectivity index (χ2n) is 4.25. The minimum absolute atomic E-state index is 0.0797. The van der Waals surface area contributed by atoms with Crippen LogP contribution in [0.15, 0.2) is 42.7 Å². The lowest BCUT2D eigenvalue weighted by molar-refractivity contribution is 0.0697. The summed E-state index contributed by atoms with van der Waals surface area (Å²) < 4.78 is 28.0. The SMILES string of the molecule is O=C(O)c1ccc2ncn(-c3cc(F)cc(F)c3)c2c1. The van der Waals surface area contributed by atoms with Gasteiger partial charge >= 0.3 is 5.97 Å². The molecule has 0 radical (unpaired) electrons. The van der Waals surface area contributed by atoms with Crippen LogP contribution < -0.4 is 0 Å². The summed E-state index contributed by atoms with van der Waals surface area (Å²) >= 11 is 0. The normalized spacial score (nSPS) is 10.9. The quantitative estimate of drug-likeness (QED) is 0.781. The van der Waals surface area contributed by atoms with Crippen molar-refractivity contribution < 1.29 is 18.7 Å². The summed E-state index contributed by atoms with van der Waals surface area (Å²) in [5, 5.41) is 8.98. The van der Waals surface area contributed by atoms with Crippen LogP contribution in [0.1, 0.15) is 10.4 Å². The Labute approximate surface area is 111 Å². The molecule has 0 fully saturated rings. The Morgan fingerprint density at radius 1 is 1.10 bits per heavy atom. The molecule has 0 saturated carbocycles. The first-order valence-corrected chi connectivity index (χ1v) is 5.71. The number of aromatic nitrogens is 2. The number of aromatic carboxylic acids is 1. The van der Waals surface area contributed by atoms with Gasteiger partial charge in [-0.05, 0) is 30.3 Å². The first-order chi connectivity index (χ1) is 9.54. The monoisotopic (exact) mass is 274 g/mol. The molecule has 6 heteroatoms. The van der Waals surface area contributed by atoms with Crippen LogP contribution >= 0.6 is 0 Å². The molecule has 20 heavy (non-hydrogen) atoms. The van der Waals surface area contributed by atoms with Gasteiger partial charge in [-0.3, -0.25) is 4.57 Å². The average Bonchev–Trinajstić information content (AvgIpc) is 2.80. The number of carbonyl (C=O) groups is 1. The highest BCUT2D eigenvalue weighted by Gasteiger charge is 2.10. The molecule has 0 aliphatic heterocycles. The van der Waals surface area contributed by atoms with Crippen LogP contribution in [-0.2, 0) is 0 Å². The maximum absolute atomic E-state index is 13.3. The molecule has 0 saturated heterocycles. The highest BCUT2D eigenvalue weighted by atomic mass is 19.1. The van der Waals surface area contributed by atoms with Crippen molar-refractivity contribution in [2.24, 2.45) is 0 Å². The van der Waals surface area contributed by atoms with Gasteiger partial charge in [-0.1, -0.05) is 0 Å². The number of hydrogen-bond donors (Lipinski definition) is 1. The van der Waals surface area contributed by atoms with Crippen molar-refractivity contribution in [1.82, 2.24) is 9.55 Å². The van der Waals surface area contributed by atoms with Gasteiger partial charge in [-0.2, -0.15) is 0 Å². The second kappa shape index (κ2) is 4.41. The third-order valence-corrected chi connectivity index (χ3v) is 2.92. The largest absolute Gasteiger partial charge is 0.478 e. The molecule has 0 atom stereocenters. The number of imidazole rings is 1. The van der Waals surface area contributed by atoms with Gasteiger partial charge in [0.15, 0.2) is 0 Å². The molecular formula is C14H8F2N2O2. The Balaban J connectivity index is 2.25. The molecule has 1 aromatic heterocycles. The topological polar surface area (TPSA) is 55.1 Å². The molecule has 3 rings (SSSR count). The van der Waals surface area contributed by atoms with E-state index in [1.807, 2.05) is 0 Å². The number of rotatable bonds is 2. The number of carboxylic acids is 1. The fourth-order valence-electron chi connectivity index (χ4n) is 2.02. The summed E-state index contributed by atoms with van der Waals surface area (Å²) in [5.74, 6) is -2.50. The predicted octanol–water partition coefficient (Wildman–Crippen LogP) is 3.00. The first kappa shape index (κ1) is 12.3. The van der Waals surface area contributed by atoms with Crippen LogP contribution in [-0.4, -0.2) is 20.6 Å². The van der Waals surface area contributed by atoms with E-state index in [-0.39, 0.29) is 11.3 Å². The molecule has 0 unspecified atom stereocenters. The summed E-state index contributed by atoms with van der Waals surface area (Å²) in [6.07, 6.45) is 1.39. The van der Waals surface area contributed by atoms with Gasteiger partial charge in [0.2, 0.25) is 0 Å². The van der Waals surface area contributed by atoms with E-state index >= 15 is 0 Å². The third-order valence-electron chi connectivity index (χ3n) is 2.92. The van der Waals surface area contributed by atoms with Crippen LogP contribution in [0.3, 0.4) is 0 Å². The summed E-state index contributed by atoms with van der Waals surface area (Å²) in [5.41, 5.74) is 1.33. The first-order valence-electron chi connectivity index (χ1n) is 5.71. The Bertz CT molecular complexity index is 807. The molecule has 0 aliphatic rings. The number of nitrogens with zero attached hydrogens (tertiary/aromatic N) is 2. The van der Waals surface area contributed by atoms with Crippen molar-refractivity contribution in [3.05, 3.63) is 59.9 Å². The van der Waals surface area contributed by atoms with Crippen LogP contribution in [0.5, 0.6) is 0 Å². The van der Waals surface area contributed by atoms with Gasteiger partial charge in [0.1, 0.15) is 18.0 Å². The Hall–Kier alpha value is -2.76. The second-order valence-corrected chi connectivity index (χ2v) is 4.25. The van der Waals surface area contributed by atoms with E-state index in [2.05, 4.69) is 4.98 Å². The van der Waals surface area contributed by atoms with Crippen molar-refractivity contribution in [2.45, 2.75) is 0 Å². The highest BCUT2D eigenvalue weighted by Crippen LogP contribution is 2.21. The molecule has 4 nitrogen and oxygen atoms in total. The van der Waals surface area contributed by atoms with Gasteiger partial charge in [-0.25, -0.2) is 18.6 Å². The predicted molar refractivity (Wildman–Crippen MR) is 67.9 cm³/mol. The Kier molecular flexibility index (Phi) is 2.71. The van der Waals surface area contributed by atoms with E-state index in [4.69, 9.17) is 5.11 Å². The third kappa shape index (κ3) is 2.01. The average molecular weight is 274 g/mol. The maximum atomic E-state index is 13.3. The van der Waals surface area contributed by atoms with Gasteiger partial charge in [-0.15, -0.1) is 0 Å². The highest BCUT2D eigenvalue weighted by molar-refractivity contribution is 5.92. The molecule has 1 N–H and O–H groups in total. The number of carboxylic acid groups (broad SMARTS) is 1. The molecular weight excluding hydrogens is 266 g/mol. The van der Waals surface area contributed by atoms with Crippen molar-refractivity contribution in [3.8, 4) is 5.69 Å². The molecule has 1 heterocycles. The Morgan fingerprint density at radius 2 is 1.80 bits per heavy atom. The molecule has 3 aromatic rings. The summed E-state index contributed by atoms with van der Waals surface area (Å²) in [6, 6.07) is 7.45. The van der Waals surface area contributed by atoms with Crippen LogP contribution in [0.2, 0.25) is 0 Å². The number of hydrogen-bond acceptors (Lipinski definition) is 2. The van der Waals surface area contributed by atoms with E-state index in [1.54, 1.807) is 6.07 Å². The number of fused-ring (bicyclic) bond motifs is 1.